The van der Waals surface area contributed by atoms with Gasteiger partial charge in [-0.1, -0.05) is 66.7 Å². The van der Waals surface area contributed by atoms with Crippen molar-refractivity contribution in [2.24, 2.45) is 0 Å². The highest BCUT2D eigenvalue weighted by Crippen LogP contribution is 2.31. The Morgan fingerprint density at radius 1 is 0.246 bits per heavy atom. The predicted octanol–water partition coefficient (Wildman–Crippen LogP) is 10.8. The van der Waals surface area contributed by atoms with E-state index in [-0.39, 0.29) is 10.9 Å². The maximum absolute atomic E-state index is 15.4. The monoisotopic (exact) mass is 956 g/mol. The van der Waals surface area contributed by atoms with Gasteiger partial charge in [0, 0.05) is 5.56 Å². The lowest BCUT2D eigenvalue weighted by Gasteiger charge is -2.44. The average molecular weight is 956 g/mol. The summed E-state index contributed by atoms with van der Waals surface area (Å²) in [6.07, 6.45) is -7.22. The number of halogens is 20. The van der Waals surface area contributed by atoms with Crippen molar-refractivity contribution in [1.29, 1.82) is 0 Å². The zero-order chi connectivity index (χ0) is 48.0. The molecule has 22 heteroatoms. The lowest BCUT2D eigenvalue weighted by Crippen LogP contribution is -2.81. The topological polar surface area (TPSA) is 0 Å². The van der Waals surface area contributed by atoms with Gasteiger partial charge in [-0.3, -0.25) is 0 Å². The minimum absolute atomic E-state index is 0.0978. The minimum atomic E-state index is -7.22. The van der Waals surface area contributed by atoms with Gasteiger partial charge >= 0.3 is 0 Å². The molecule has 0 radical (unpaired) electrons. The Balaban J connectivity index is 0.000000289. The molecule has 0 unspecified atom stereocenters. The maximum atomic E-state index is 15.4. The SMILES string of the molecule is Fc1c(F)c(F)c([B-](c2c(F)c(F)c(F)c(F)c2F)(c2c(F)c(F)c(F)c(F)c2F)c2c(F)c(F)c(F)c(F)c2F)c(F)c1F.c1ccc(C[S+](c2ccccc2)c2ccccc2)cc1. The molecule has 7 aromatic carbocycles. The molecule has 65 heavy (non-hydrogen) atoms. The van der Waals surface area contributed by atoms with Crippen molar-refractivity contribution in [3.05, 3.63) is 213 Å². The van der Waals surface area contributed by atoms with E-state index in [0.717, 1.165) is 5.75 Å². The van der Waals surface area contributed by atoms with Gasteiger partial charge < -0.3 is 0 Å². The summed E-state index contributed by atoms with van der Waals surface area (Å²) in [5, 5.41) is 0. The summed E-state index contributed by atoms with van der Waals surface area (Å²) in [5.74, 6) is -70.3. The lowest BCUT2D eigenvalue weighted by molar-refractivity contribution is 0.378. The van der Waals surface area contributed by atoms with Gasteiger partial charge in [0.25, 0.3) is 0 Å². The lowest BCUT2D eigenvalue weighted by atomic mass is 9.12. The Labute approximate surface area is 354 Å². The van der Waals surface area contributed by atoms with Crippen LogP contribution in [0.1, 0.15) is 5.56 Å². The molecular formula is C43H17BF20S. The van der Waals surface area contributed by atoms with Crippen LogP contribution in [-0.2, 0) is 16.6 Å². The fourth-order valence-electron chi connectivity index (χ4n) is 7.09. The van der Waals surface area contributed by atoms with Crippen LogP contribution in [0.4, 0.5) is 87.8 Å². The molecule has 0 heterocycles. The Kier molecular flexibility index (Phi) is 13.7. The van der Waals surface area contributed by atoms with Crippen LogP contribution >= 0.6 is 0 Å². The summed E-state index contributed by atoms with van der Waals surface area (Å²) < 4.78 is 294. The molecule has 0 saturated heterocycles. The Hall–Kier alpha value is -6.45. The summed E-state index contributed by atoms with van der Waals surface area (Å²) >= 11 is 0. The highest BCUT2D eigenvalue weighted by molar-refractivity contribution is 7.96. The Morgan fingerprint density at radius 2 is 0.431 bits per heavy atom. The van der Waals surface area contributed by atoms with Crippen molar-refractivity contribution in [1.82, 2.24) is 0 Å². The second-order valence-electron chi connectivity index (χ2n) is 13.4. The van der Waals surface area contributed by atoms with Gasteiger partial charge in [-0.05, 0) is 24.3 Å². The van der Waals surface area contributed by atoms with E-state index in [1.807, 2.05) is 0 Å². The Bertz CT molecular complexity index is 2530. The highest BCUT2D eigenvalue weighted by Gasteiger charge is 2.52. The van der Waals surface area contributed by atoms with E-state index in [2.05, 4.69) is 91.0 Å². The van der Waals surface area contributed by atoms with Crippen molar-refractivity contribution in [2.75, 3.05) is 0 Å². The van der Waals surface area contributed by atoms with E-state index in [9.17, 15) is 52.7 Å². The quantitative estimate of drug-likeness (QED) is 0.0468. The van der Waals surface area contributed by atoms with E-state index in [4.69, 9.17) is 0 Å². The van der Waals surface area contributed by atoms with Gasteiger partial charge in [0.1, 0.15) is 58.4 Å². The minimum Gasteiger partial charge on any atom is -0.207 e. The van der Waals surface area contributed by atoms with E-state index in [0.29, 0.717) is 0 Å². The van der Waals surface area contributed by atoms with Crippen LogP contribution in [0.2, 0.25) is 0 Å². The first-order valence-corrected chi connectivity index (χ1v) is 19.1. The van der Waals surface area contributed by atoms with Gasteiger partial charge in [-0.2, -0.15) is 0 Å². The third kappa shape index (κ3) is 7.94. The summed E-state index contributed by atoms with van der Waals surface area (Å²) in [6.45, 7) is 0. The first-order chi connectivity index (χ1) is 30.6. The van der Waals surface area contributed by atoms with Crippen molar-refractivity contribution in [3.8, 4) is 0 Å². The summed E-state index contributed by atoms with van der Waals surface area (Å²) in [5.41, 5.74) is -12.9. The largest absolute Gasteiger partial charge is 0.207 e. The van der Waals surface area contributed by atoms with Crippen molar-refractivity contribution >= 4 is 38.9 Å². The molecule has 0 aromatic heterocycles. The first kappa shape index (κ1) is 48.0. The van der Waals surface area contributed by atoms with Crippen LogP contribution in [0.25, 0.3) is 0 Å². The van der Waals surface area contributed by atoms with Gasteiger partial charge in [0.15, 0.2) is 79.6 Å². The fourth-order valence-corrected chi connectivity index (χ4v) is 9.19. The van der Waals surface area contributed by atoms with Crippen molar-refractivity contribution in [2.45, 2.75) is 15.5 Å². The predicted molar refractivity (Wildman–Crippen MR) is 196 cm³/mol. The molecule has 0 aliphatic heterocycles. The van der Waals surface area contributed by atoms with E-state index >= 15 is 35.1 Å². The van der Waals surface area contributed by atoms with E-state index in [1.165, 1.54) is 15.4 Å². The molecule has 0 nitrogen and oxygen atoms in total. The number of benzene rings is 7. The summed E-state index contributed by atoms with van der Waals surface area (Å²) in [7, 11) is 0.0978. The molecule has 0 amide bonds. The van der Waals surface area contributed by atoms with Crippen LogP contribution in [0.3, 0.4) is 0 Å². The van der Waals surface area contributed by atoms with Gasteiger partial charge in [0.05, 0.1) is 10.9 Å². The molecule has 0 spiro atoms. The molecular weight excluding hydrogens is 939 g/mol. The molecule has 0 atom stereocenters. The second-order valence-corrected chi connectivity index (χ2v) is 15.5. The van der Waals surface area contributed by atoms with Crippen molar-refractivity contribution < 1.29 is 87.8 Å². The van der Waals surface area contributed by atoms with Gasteiger partial charge in [-0.25, -0.2) is 87.8 Å². The standard InChI is InChI=1S/C24BF20.C19H17S/c26-5-1(6(27)14(35)21(42)13(5)34)25(2-7(28)15(36)22(43)16(37)8(2)29,3-9(30)17(38)23(44)18(39)10(3)31)4-11(32)19(40)24(45)20(41)12(4)33;1-4-10-17(11-5-1)16-20(18-12-6-2-7-13-18)19-14-8-3-9-15-19/h;1-15H,16H2/q-1;+1. The van der Waals surface area contributed by atoms with Crippen LogP contribution in [0.5, 0.6) is 0 Å². The highest BCUT2D eigenvalue weighted by atomic mass is 32.2. The molecule has 7 aromatic rings. The van der Waals surface area contributed by atoms with Crippen LogP contribution in [-0.4, -0.2) is 6.15 Å². The third-order valence-electron chi connectivity index (χ3n) is 9.92. The Morgan fingerprint density at radius 3 is 0.646 bits per heavy atom. The zero-order valence-electron chi connectivity index (χ0n) is 31.4. The van der Waals surface area contributed by atoms with Crippen LogP contribution in [0.15, 0.2) is 101 Å². The molecule has 7 rings (SSSR count). The normalized spacial score (nSPS) is 11.6. The molecule has 338 valence electrons. The zero-order valence-corrected chi connectivity index (χ0v) is 32.2. The fraction of sp³-hybridized carbons (Fsp3) is 0.0233. The molecule has 0 aliphatic carbocycles. The van der Waals surface area contributed by atoms with E-state index in [1.54, 1.807) is 0 Å². The third-order valence-corrected chi connectivity index (χ3v) is 12.2. The number of hydrogen-bond acceptors (Lipinski definition) is 0. The molecule has 0 saturated carbocycles. The molecule has 0 aliphatic rings. The maximum Gasteiger partial charge on any atom is 0.200 e. The smallest absolute Gasteiger partial charge is 0.200 e. The number of rotatable bonds is 8. The molecule has 0 fully saturated rings. The summed E-state index contributed by atoms with van der Waals surface area (Å²) in [4.78, 5) is 2.81. The van der Waals surface area contributed by atoms with Crippen LogP contribution in [0, 0.1) is 116 Å². The summed E-state index contributed by atoms with van der Waals surface area (Å²) in [6, 6.07) is 32.4. The molecule has 0 N–H and O–H groups in total. The first-order valence-electron chi connectivity index (χ1n) is 17.7. The molecule has 0 bridgehead atoms. The second kappa shape index (κ2) is 18.6. The number of hydrogen-bond donors (Lipinski definition) is 0. The van der Waals surface area contributed by atoms with E-state index < -0.39 is 144 Å². The average Bonchev–Trinajstić information content (AvgIpc) is 3.31. The van der Waals surface area contributed by atoms with Gasteiger partial charge in [-0.15, -0.1) is 21.9 Å². The van der Waals surface area contributed by atoms with Crippen molar-refractivity contribution in [3.63, 3.8) is 0 Å². The van der Waals surface area contributed by atoms with Crippen LogP contribution < -0.4 is 21.9 Å². The van der Waals surface area contributed by atoms with Gasteiger partial charge in [0.2, 0.25) is 0 Å².